The molecule has 9 heteroatoms. The van der Waals surface area contributed by atoms with Gasteiger partial charge in [-0.15, -0.1) is 0 Å². The number of nitrogens with zero attached hydrogens (tertiary/aromatic N) is 4. The van der Waals surface area contributed by atoms with Crippen molar-refractivity contribution >= 4 is 17.6 Å². The Hall–Kier alpha value is -3.88. The Balaban J connectivity index is 1.41. The second-order valence-electron chi connectivity index (χ2n) is 8.95. The van der Waals surface area contributed by atoms with Crippen LogP contribution in [0, 0.1) is 0 Å². The second kappa shape index (κ2) is 7.91. The lowest BCUT2D eigenvalue weighted by Gasteiger charge is -2.30. The highest BCUT2D eigenvalue weighted by atomic mass is 16.5. The summed E-state index contributed by atoms with van der Waals surface area (Å²) in [5, 5.41) is 6.98. The van der Waals surface area contributed by atoms with E-state index in [9.17, 15) is 9.59 Å². The highest BCUT2D eigenvalue weighted by Crippen LogP contribution is 2.43. The van der Waals surface area contributed by atoms with Crippen molar-refractivity contribution in [1.82, 2.24) is 19.7 Å². The van der Waals surface area contributed by atoms with Crippen LogP contribution in [-0.4, -0.2) is 50.2 Å². The lowest BCUT2D eigenvalue weighted by Crippen LogP contribution is -2.42. The lowest BCUT2D eigenvalue weighted by molar-refractivity contribution is 0.0645. The standard InChI is InChI=1S/C24H25N5O4/c1-24(2)13-17-19(32-16-5-6-18(25-14-16)23(31)29-8-4-9-29)11-15(12-20(17)33-24)22(30)26-21-7-10-28(3)27-21/h5-7,10-12,14H,4,8-9,13H2,1-3H3,(H,26,27,30). The van der Waals surface area contributed by atoms with Crippen molar-refractivity contribution in [2.24, 2.45) is 7.05 Å². The molecule has 0 unspecified atom stereocenters. The topological polar surface area (TPSA) is 98.6 Å². The molecular formula is C24H25N5O4. The van der Waals surface area contributed by atoms with Crippen LogP contribution in [0.4, 0.5) is 5.82 Å². The van der Waals surface area contributed by atoms with Crippen molar-refractivity contribution < 1.29 is 19.1 Å². The number of anilines is 1. The van der Waals surface area contributed by atoms with E-state index in [1.54, 1.807) is 53.2 Å². The van der Waals surface area contributed by atoms with Gasteiger partial charge < -0.3 is 19.7 Å². The van der Waals surface area contributed by atoms with Gasteiger partial charge in [-0.1, -0.05) is 0 Å². The number of amides is 2. The van der Waals surface area contributed by atoms with Crippen molar-refractivity contribution in [2.45, 2.75) is 32.3 Å². The van der Waals surface area contributed by atoms with Gasteiger partial charge in [-0.25, -0.2) is 4.98 Å². The van der Waals surface area contributed by atoms with E-state index in [-0.39, 0.29) is 11.8 Å². The van der Waals surface area contributed by atoms with Crippen LogP contribution in [0.1, 0.15) is 46.7 Å². The van der Waals surface area contributed by atoms with Crippen LogP contribution in [0.3, 0.4) is 0 Å². The highest BCUT2D eigenvalue weighted by Gasteiger charge is 2.34. The van der Waals surface area contributed by atoms with Gasteiger partial charge >= 0.3 is 0 Å². The summed E-state index contributed by atoms with van der Waals surface area (Å²) in [6.45, 7) is 5.52. The Labute approximate surface area is 191 Å². The Bertz CT molecular complexity index is 1230. The highest BCUT2D eigenvalue weighted by molar-refractivity contribution is 6.04. The maximum atomic E-state index is 12.9. The van der Waals surface area contributed by atoms with Crippen LogP contribution in [0.5, 0.6) is 17.2 Å². The smallest absolute Gasteiger partial charge is 0.272 e. The molecule has 0 radical (unpaired) electrons. The van der Waals surface area contributed by atoms with Crippen LogP contribution in [0.15, 0.2) is 42.7 Å². The number of likely N-dealkylation sites (tertiary alicyclic amines) is 1. The van der Waals surface area contributed by atoms with Gasteiger partial charge in [0, 0.05) is 49.9 Å². The zero-order valence-corrected chi connectivity index (χ0v) is 18.8. The van der Waals surface area contributed by atoms with Crippen LogP contribution in [0.25, 0.3) is 0 Å². The van der Waals surface area contributed by atoms with Crippen molar-refractivity contribution in [3.63, 3.8) is 0 Å². The molecule has 2 amide bonds. The first-order chi connectivity index (χ1) is 15.8. The lowest BCUT2D eigenvalue weighted by atomic mass is 9.99. The number of ether oxygens (including phenoxy) is 2. The number of rotatable bonds is 5. The summed E-state index contributed by atoms with van der Waals surface area (Å²) in [6, 6.07) is 8.52. The molecule has 1 aromatic carbocycles. The fraction of sp³-hybridized carbons (Fsp3) is 0.333. The summed E-state index contributed by atoms with van der Waals surface area (Å²) in [5.74, 6) is 1.68. The fourth-order valence-corrected chi connectivity index (χ4v) is 3.91. The molecule has 9 nitrogen and oxygen atoms in total. The van der Waals surface area contributed by atoms with Gasteiger partial charge in [-0.3, -0.25) is 14.3 Å². The first-order valence-corrected chi connectivity index (χ1v) is 10.9. The normalized spacial score (nSPS) is 15.9. The van der Waals surface area contributed by atoms with E-state index in [0.717, 1.165) is 25.1 Å². The Morgan fingerprint density at radius 1 is 1.18 bits per heavy atom. The molecule has 1 saturated heterocycles. The predicted octanol–water partition coefficient (Wildman–Crippen LogP) is 3.42. The number of hydrogen-bond acceptors (Lipinski definition) is 6. The zero-order chi connectivity index (χ0) is 23.2. The van der Waals surface area contributed by atoms with E-state index >= 15 is 0 Å². The molecule has 170 valence electrons. The van der Waals surface area contributed by atoms with Gasteiger partial charge in [0.2, 0.25) is 0 Å². The van der Waals surface area contributed by atoms with E-state index < -0.39 is 5.60 Å². The Kier molecular flexibility index (Phi) is 5.03. The average molecular weight is 447 g/mol. The van der Waals surface area contributed by atoms with Crippen LogP contribution >= 0.6 is 0 Å². The number of carbonyl (C=O) groups is 2. The van der Waals surface area contributed by atoms with Gasteiger partial charge in [-0.05, 0) is 44.5 Å². The molecule has 0 spiro atoms. The van der Waals surface area contributed by atoms with Gasteiger partial charge in [0.15, 0.2) is 5.82 Å². The van der Waals surface area contributed by atoms with Crippen molar-refractivity contribution in [3.05, 3.63) is 59.5 Å². The van der Waals surface area contributed by atoms with E-state index in [1.807, 2.05) is 13.8 Å². The molecule has 0 bridgehead atoms. The molecule has 2 aliphatic heterocycles. The summed E-state index contributed by atoms with van der Waals surface area (Å²) in [7, 11) is 1.78. The maximum absolute atomic E-state index is 12.9. The van der Waals surface area contributed by atoms with Gasteiger partial charge in [0.05, 0.1) is 6.20 Å². The number of pyridine rings is 1. The Morgan fingerprint density at radius 3 is 2.64 bits per heavy atom. The number of fused-ring (bicyclic) bond motifs is 1. The van der Waals surface area contributed by atoms with E-state index in [0.29, 0.717) is 40.7 Å². The van der Waals surface area contributed by atoms with Crippen molar-refractivity contribution in [2.75, 3.05) is 18.4 Å². The first-order valence-electron chi connectivity index (χ1n) is 10.9. The number of hydrogen-bond donors (Lipinski definition) is 1. The quantitative estimate of drug-likeness (QED) is 0.644. The van der Waals surface area contributed by atoms with Gasteiger partial charge in [-0.2, -0.15) is 5.10 Å². The minimum absolute atomic E-state index is 0.0722. The molecule has 2 aliphatic rings. The molecule has 33 heavy (non-hydrogen) atoms. The fourth-order valence-electron chi connectivity index (χ4n) is 3.91. The van der Waals surface area contributed by atoms with Crippen LogP contribution in [-0.2, 0) is 13.5 Å². The van der Waals surface area contributed by atoms with E-state index in [2.05, 4.69) is 15.4 Å². The summed E-state index contributed by atoms with van der Waals surface area (Å²) in [4.78, 5) is 31.3. The Morgan fingerprint density at radius 2 is 2.00 bits per heavy atom. The number of aryl methyl sites for hydroxylation is 1. The third kappa shape index (κ3) is 4.26. The molecule has 0 aliphatic carbocycles. The number of benzene rings is 1. The largest absolute Gasteiger partial charge is 0.487 e. The molecule has 4 heterocycles. The minimum atomic E-state index is -0.414. The third-order valence-electron chi connectivity index (χ3n) is 5.70. The molecule has 1 N–H and O–H groups in total. The van der Waals surface area contributed by atoms with Gasteiger partial charge in [0.25, 0.3) is 11.8 Å². The minimum Gasteiger partial charge on any atom is -0.487 e. The van der Waals surface area contributed by atoms with Crippen molar-refractivity contribution in [3.8, 4) is 17.2 Å². The molecule has 5 rings (SSSR count). The number of aromatic nitrogens is 3. The van der Waals surface area contributed by atoms with Crippen molar-refractivity contribution in [1.29, 1.82) is 0 Å². The molecule has 0 saturated carbocycles. The maximum Gasteiger partial charge on any atom is 0.272 e. The summed E-state index contributed by atoms with van der Waals surface area (Å²) in [6.07, 6.45) is 4.95. The first kappa shape index (κ1) is 21.0. The molecule has 3 aromatic rings. The van der Waals surface area contributed by atoms with Crippen LogP contribution < -0.4 is 14.8 Å². The van der Waals surface area contributed by atoms with E-state index in [1.165, 1.54) is 6.20 Å². The molecule has 1 fully saturated rings. The predicted molar refractivity (Wildman–Crippen MR) is 121 cm³/mol. The van der Waals surface area contributed by atoms with Crippen LogP contribution in [0.2, 0.25) is 0 Å². The summed E-state index contributed by atoms with van der Waals surface area (Å²) in [5.41, 5.74) is 1.25. The average Bonchev–Trinajstić information content (AvgIpc) is 3.27. The monoisotopic (exact) mass is 447 g/mol. The summed E-state index contributed by atoms with van der Waals surface area (Å²) < 4.78 is 13.8. The second-order valence-corrected chi connectivity index (χ2v) is 8.95. The zero-order valence-electron chi connectivity index (χ0n) is 18.8. The number of nitrogens with one attached hydrogen (secondary N) is 1. The van der Waals surface area contributed by atoms with E-state index in [4.69, 9.17) is 9.47 Å². The summed E-state index contributed by atoms with van der Waals surface area (Å²) >= 11 is 0. The SMILES string of the molecule is Cn1ccc(NC(=O)c2cc(Oc3ccc(C(=O)N4CCC4)nc3)c3c(c2)OC(C)(C)C3)n1. The number of carbonyl (C=O) groups excluding carboxylic acids is 2. The molecular weight excluding hydrogens is 422 g/mol. The molecule has 0 atom stereocenters. The van der Waals surface area contributed by atoms with Gasteiger partial charge in [0.1, 0.15) is 28.5 Å². The third-order valence-corrected chi connectivity index (χ3v) is 5.70. The molecule has 2 aromatic heterocycles.